The van der Waals surface area contributed by atoms with E-state index in [2.05, 4.69) is 6.08 Å². The first-order valence-electron chi connectivity index (χ1n) is 5.08. The van der Waals surface area contributed by atoms with Crippen LogP contribution >= 0.6 is 0 Å². The molecule has 0 aliphatic heterocycles. The fraction of sp³-hybridized carbons (Fsp3) is 0.308. The van der Waals surface area contributed by atoms with Gasteiger partial charge in [-0.3, -0.25) is 4.79 Å². The maximum Gasteiger partial charge on any atom is 0.224 e. The predicted molar refractivity (Wildman–Crippen MR) is 63.9 cm³/mol. The highest BCUT2D eigenvalue weighted by atomic mass is 16.2. The number of nitrogens with zero attached hydrogens (tertiary/aromatic N) is 1. The number of rotatable bonds is 3. The lowest BCUT2D eigenvalue weighted by Crippen LogP contribution is -2.28. The third-order valence-corrected chi connectivity index (χ3v) is 2.13. The zero-order valence-electron chi connectivity index (χ0n) is 9.53. The van der Waals surface area contributed by atoms with E-state index in [9.17, 15) is 4.79 Å². The van der Waals surface area contributed by atoms with Gasteiger partial charge in [-0.05, 0) is 26.0 Å². The lowest BCUT2D eigenvalue weighted by molar-refractivity contribution is -0.116. The third kappa shape index (κ3) is 3.58. The summed E-state index contributed by atoms with van der Waals surface area (Å²) in [7, 11) is 0. The topological polar surface area (TPSA) is 20.3 Å². The van der Waals surface area contributed by atoms with Crippen LogP contribution in [0.25, 0.3) is 0 Å². The van der Waals surface area contributed by atoms with E-state index in [4.69, 9.17) is 0 Å². The van der Waals surface area contributed by atoms with Crippen LogP contribution in [0.1, 0.15) is 20.8 Å². The molecule has 0 aliphatic carbocycles. The Morgan fingerprint density at radius 3 is 2.27 bits per heavy atom. The molecule has 1 amide bonds. The molecule has 0 spiro atoms. The third-order valence-electron chi connectivity index (χ3n) is 2.13. The molecule has 0 unspecified atom stereocenters. The molecule has 0 bridgehead atoms. The van der Waals surface area contributed by atoms with Crippen LogP contribution in [0, 0.1) is 0 Å². The van der Waals surface area contributed by atoms with Crippen molar-refractivity contribution in [2.24, 2.45) is 0 Å². The van der Waals surface area contributed by atoms with Crippen LogP contribution < -0.4 is 4.90 Å². The smallest absolute Gasteiger partial charge is 0.224 e. The summed E-state index contributed by atoms with van der Waals surface area (Å²) in [6.07, 6.45) is 2.05. The molecule has 15 heavy (non-hydrogen) atoms. The number of carbonyl (C=O) groups excluding carboxylic acids is 1. The van der Waals surface area contributed by atoms with Crippen LogP contribution in [-0.2, 0) is 4.79 Å². The molecule has 2 heteroatoms. The van der Waals surface area contributed by atoms with E-state index in [0.717, 1.165) is 5.69 Å². The Morgan fingerprint density at radius 2 is 1.80 bits per heavy atom. The predicted octanol–water partition coefficient (Wildman–Crippen LogP) is 3.01. The van der Waals surface area contributed by atoms with Gasteiger partial charge in [-0.1, -0.05) is 29.8 Å². The van der Waals surface area contributed by atoms with Crippen molar-refractivity contribution in [3.05, 3.63) is 42.0 Å². The highest BCUT2D eigenvalue weighted by molar-refractivity contribution is 5.91. The molecule has 0 radical (unpaired) electrons. The molecule has 0 aliphatic rings. The minimum absolute atomic E-state index is 0.0682. The first-order valence-corrected chi connectivity index (χ1v) is 5.08. The summed E-state index contributed by atoms with van der Waals surface area (Å²) in [6, 6.07) is 9.71. The summed E-state index contributed by atoms with van der Waals surface area (Å²) < 4.78 is 0. The van der Waals surface area contributed by atoms with Gasteiger partial charge >= 0.3 is 0 Å². The number of hydrogen-bond acceptors (Lipinski definition) is 1. The first kappa shape index (κ1) is 11.5. The Morgan fingerprint density at radius 1 is 1.20 bits per heavy atom. The summed E-state index contributed by atoms with van der Waals surface area (Å²) in [5.74, 6) is 0.0682. The molecule has 1 aromatic carbocycles. The number of hydrogen-bond donors (Lipinski definition) is 0. The van der Waals surface area contributed by atoms with Gasteiger partial charge in [-0.25, -0.2) is 0 Å². The van der Waals surface area contributed by atoms with Crippen LogP contribution in [0.4, 0.5) is 5.69 Å². The van der Waals surface area contributed by atoms with Crippen molar-refractivity contribution >= 4 is 11.6 Å². The standard InChI is InChI=1S/C13H17NO/c1-11(2)9-10-14(12(3)15)13-7-5-4-6-8-13/h4-9H,10H2,1-3H3. The fourth-order valence-corrected chi connectivity index (χ4v) is 1.30. The number of anilines is 1. The molecule has 0 atom stereocenters. The molecule has 80 valence electrons. The number of benzene rings is 1. The van der Waals surface area contributed by atoms with Crippen LogP contribution in [-0.4, -0.2) is 12.5 Å². The molecule has 0 heterocycles. The molecular weight excluding hydrogens is 186 g/mol. The van der Waals surface area contributed by atoms with Crippen LogP contribution in [0.5, 0.6) is 0 Å². The second kappa shape index (κ2) is 5.35. The molecular formula is C13H17NO. The van der Waals surface area contributed by atoms with Crippen molar-refractivity contribution in [3.63, 3.8) is 0 Å². The molecule has 0 N–H and O–H groups in total. The summed E-state index contributed by atoms with van der Waals surface area (Å²) in [5.41, 5.74) is 2.17. The van der Waals surface area contributed by atoms with Gasteiger partial charge in [-0.15, -0.1) is 0 Å². The lowest BCUT2D eigenvalue weighted by Gasteiger charge is -2.19. The molecule has 0 saturated heterocycles. The minimum atomic E-state index is 0.0682. The van der Waals surface area contributed by atoms with Crippen LogP contribution in [0.2, 0.25) is 0 Å². The summed E-state index contributed by atoms with van der Waals surface area (Å²) in [5, 5.41) is 0. The normalized spacial score (nSPS) is 9.53. The quantitative estimate of drug-likeness (QED) is 0.691. The Balaban J connectivity index is 2.85. The average molecular weight is 203 g/mol. The molecule has 0 fully saturated rings. The molecule has 2 nitrogen and oxygen atoms in total. The second-order valence-electron chi connectivity index (χ2n) is 3.75. The largest absolute Gasteiger partial charge is 0.309 e. The van der Waals surface area contributed by atoms with Crippen molar-refractivity contribution in [2.75, 3.05) is 11.4 Å². The van der Waals surface area contributed by atoms with Gasteiger partial charge in [0.25, 0.3) is 0 Å². The summed E-state index contributed by atoms with van der Waals surface area (Å²) >= 11 is 0. The van der Waals surface area contributed by atoms with Crippen LogP contribution in [0.15, 0.2) is 42.0 Å². The van der Waals surface area contributed by atoms with Crippen molar-refractivity contribution in [2.45, 2.75) is 20.8 Å². The Hall–Kier alpha value is -1.57. The van der Waals surface area contributed by atoms with Gasteiger partial charge in [0.05, 0.1) is 0 Å². The monoisotopic (exact) mass is 203 g/mol. The Kier molecular flexibility index (Phi) is 4.10. The summed E-state index contributed by atoms with van der Waals surface area (Å²) in [6.45, 7) is 6.29. The van der Waals surface area contributed by atoms with Gasteiger partial charge in [0.1, 0.15) is 0 Å². The van der Waals surface area contributed by atoms with E-state index in [1.165, 1.54) is 5.57 Å². The molecule has 1 aromatic rings. The molecule has 0 saturated carbocycles. The van der Waals surface area contributed by atoms with E-state index in [1.807, 2.05) is 44.2 Å². The maximum atomic E-state index is 11.5. The van der Waals surface area contributed by atoms with Crippen LogP contribution in [0.3, 0.4) is 0 Å². The Bertz CT molecular complexity index is 350. The average Bonchev–Trinajstić information content (AvgIpc) is 2.18. The summed E-state index contributed by atoms with van der Waals surface area (Å²) in [4.78, 5) is 13.2. The van der Waals surface area contributed by atoms with E-state index < -0.39 is 0 Å². The van der Waals surface area contributed by atoms with Crippen molar-refractivity contribution in [1.29, 1.82) is 0 Å². The van der Waals surface area contributed by atoms with Gasteiger partial charge < -0.3 is 4.90 Å². The van der Waals surface area contributed by atoms with Crippen molar-refractivity contribution in [3.8, 4) is 0 Å². The SMILES string of the molecule is CC(=O)N(CC=C(C)C)c1ccccc1. The molecule has 1 rings (SSSR count). The van der Waals surface area contributed by atoms with Gasteiger partial charge in [0.2, 0.25) is 5.91 Å². The number of para-hydroxylation sites is 1. The fourth-order valence-electron chi connectivity index (χ4n) is 1.30. The number of amides is 1. The van der Waals surface area contributed by atoms with E-state index in [1.54, 1.807) is 11.8 Å². The maximum absolute atomic E-state index is 11.5. The first-order chi connectivity index (χ1) is 7.11. The van der Waals surface area contributed by atoms with Gasteiger partial charge in [0.15, 0.2) is 0 Å². The van der Waals surface area contributed by atoms with E-state index >= 15 is 0 Å². The molecule has 0 aromatic heterocycles. The Labute approximate surface area is 91.2 Å². The second-order valence-corrected chi connectivity index (χ2v) is 3.75. The number of allylic oxidation sites excluding steroid dienone is 1. The lowest BCUT2D eigenvalue weighted by atomic mass is 10.2. The minimum Gasteiger partial charge on any atom is -0.309 e. The van der Waals surface area contributed by atoms with Crippen molar-refractivity contribution < 1.29 is 4.79 Å². The van der Waals surface area contributed by atoms with Gasteiger partial charge in [0, 0.05) is 19.2 Å². The number of carbonyl (C=O) groups is 1. The highest BCUT2D eigenvalue weighted by Crippen LogP contribution is 2.13. The highest BCUT2D eigenvalue weighted by Gasteiger charge is 2.08. The zero-order valence-corrected chi connectivity index (χ0v) is 9.53. The van der Waals surface area contributed by atoms with E-state index in [-0.39, 0.29) is 5.91 Å². The zero-order chi connectivity index (χ0) is 11.3. The van der Waals surface area contributed by atoms with E-state index in [0.29, 0.717) is 6.54 Å². The van der Waals surface area contributed by atoms with Crippen molar-refractivity contribution in [1.82, 2.24) is 0 Å². The van der Waals surface area contributed by atoms with Gasteiger partial charge in [-0.2, -0.15) is 0 Å².